The summed E-state index contributed by atoms with van der Waals surface area (Å²) in [6, 6.07) is 17.3. The number of rotatable bonds is 5. The van der Waals surface area contributed by atoms with Crippen LogP contribution in [0.4, 0.5) is 5.69 Å². The van der Waals surface area contributed by atoms with Crippen molar-refractivity contribution in [2.24, 2.45) is 0 Å². The minimum atomic E-state index is 0.519. The molecule has 0 radical (unpaired) electrons. The van der Waals surface area contributed by atoms with E-state index in [0.717, 1.165) is 55.8 Å². The van der Waals surface area contributed by atoms with Crippen LogP contribution in [0, 0.1) is 0 Å². The Balaban J connectivity index is 1.42. The number of anilines is 1. The molecular formula is C22H26N4. The lowest BCUT2D eigenvalue weighted by molar-refractivity contribution is 0.209. The fourth-order valence-electron chi connectivity index (χ4n) is 3.71. The van der Waals surface area contributed by atoms with Gasteiger partial charge in [-0.2, -0.15) is 0 Å². The molecule has 2 aromatic heterocycles. The Labute approximate surface area is 155 Å². The van der Waals surface area contributed by atoms with Crippen LogP contribution in [0.25, 0.3) is 10.9 Å². The van der Waals surface area contributed by atoms with Crippen LogP contribution in [0.1, 0.15) is 31.2 Å². The van der Waals surface area contributed by atoms with E-state index < -0.39 is 0 Å². The summed E-state index contributed by atoms with van der Waals surface area (Å²) in [6.07, 6.45) is 5.15. The summed E-state index contributed by atoms with van der Waals surface area (Å²) >= 11 is 0. The average molecular weight is 346 g/mol. The molecule has 0 unspecified atom stereocenters. The minimum absolute atomic E-state index is 0.519. The lowest BCUT2D eigenvalue weighted by atomic mass is 10.0. The Bertz CT molecular complexity index is 854. The summed E-state index contributed by atoms with van der Waals surface area (Å²) in [5, 5.41) is 5.02. The summed E-state index contributed by atoms with van der Waals surface area (Å²) in [7, 11) is 0. The predicted molar refractivity (Wildman–Crippen MR) is 107 cm³/mol. The maximum atomic E-state index is 4.75. The SMILES string of the molecule is CCc1cc(NC2CCN(Cc3ccccn3)CC2)c2ccccc2n1. The number of benzene rings is 1. The van der Waals surface area contributed by atoms with Crippen molar-refractivity contribution in [1.82, 2.24) is 14.9 Å². The van der Waals surface area contributed by atoms with Crippen molar-refractivity contribution in [1.29, 1.82) is 0 Å². The quantitative estimate of drug-likeness (QED) is 0.749. The smallest absolute Gasteiger partial charge is 0.0726 e. The van der Waals surface area contributed by atoms with E-state index in [1.807, 2.05) is 12.3 Å². The van der Waals surface area contributed by atoms with E-state index in [4.69, 9.17) is 4.98 Å². The average Bonchev–Trinajstić information content (AvgIpc) is 2.70. The molecule has 1 aromatic carbocycles. The summed E-state index contributed by atoms with van der Waals surface area (Å²) in [6.45, 7) is 5.33. The van der Waals surface area contributed by atoms with E-state index in [9.17, 15) is 0 Å². The van der Waals surface area contributed by atoms with Crippen molar-refractivity contribution in [2.45, 2.75) is 38.8 Å². The van der Waals surface area contributed by atoms with Gasteiger partial charge in [-0.1, -0.05) is 31.2 Å². The highest BCUT2D eigenvalue weighted by molar-refractivity contribution is 5.91. The lowest BCUT2D eigenvalue weighted by Crippen LogP contribution is -2.38. The van der Waals surface area contributed by atoms with Crippen LogP contribution in [0.5, 0.6) is 0 Å². The second kappa shape index (κ2) is 7.83. The van der Waals surface area contributed by atoms with E-state index >= 15 is 0 Å². The van der Waals surface area contributed by atoms with Gasteiger partial charge in [0.1, 0.15) is 0 Å². The number of fused-ring (bicyclic) bond motifs is 1. The van der Waals surface area contributed by atoms with Gasteiger partial charge in [-0.05, 0) is 43.5 Å². The number of nitrogens with one attached hydrogen (secondary N) is 1. The zero-order chi connectivity index (χ0) is 17.8. The van der Waals surface area contributed by atoms with Crippen LogP contribution in [0.3, 0.4) is 0 Å². The van der Waals surface area contributed by atoms with Gasteiger partial charge in [-0.3, -0.25) is 14.9 Å². The Kier molecular flexibility index (Phi) is 5.12. The fourth-order valence-corrected chi connectivity index (χ4v) is 3.71. The van der Waals surface area contributed by atoms with Crippen molar-refractivity contribution < 1.29 is 0 Å². The van der Waals surface area contributed by atoms with Gasteiger partial charge in [0.25, 0.3) is 0 Å². The second-order valence-corrected chi connectivity index (χ2v) is 7.05. The molecule has 4 nitrogen and oxygen atoms in total. The maximum Gasteiger partial charge on any atom is 0.0726 e. The normalized spacial score (nSPS) is 16.0. The second-order valence-electron chi connectivity index (χ2n) is 7.05. The molecule has 26 heavy (non-hydrogen) atoms. The molecule has 1 aliphatic rings. The van der Waals surface area contributed by atoms with Crippen molar-refractivity contribution >= 4 is 16.6 Å². The Morgan fingerprint density at radius 3 is 2.62 bits per heavy atom. The van der Waals surface area contributed by atoms with Gasteiger partial charge in [0.15, 0.2) is 0 Å². The molecule has 0 bridgehead atoms. The zero-order valence-electron chi connectivity index (χ0n) is 15.4. The van der Waals surface area contributed by atoms with Crippen molar-refractivity contribution in [2.75, 3.05) is 18.4 Å². The molecule has 1 N–H and O–H groups in total. The summed E-state index contributed by atoms with van der Waals surface area (Å²) in [5.41, 5.74) is 4.63. The van der Waals surface area contributed by atoms with E-state index in [2.05, 4.69) is 64.6 Å². The lowest BCUT2D eigenvalue weighted by Gasteiger charge is -2.33. The maximum absolute atomic E-state index is 4.75. The van der Waals surface area contributed by atoms with E-state index in [1.165, 1.54) is 11.1 Å². The largest absolute Gasteiger partial charge is 0.382 e. The van der Waals surface area contributed by atoms with Crippen molar-refractivity contribution in [3.63, 3.8) is 0 Å². The first-order valence-corrected chi connectivity index (χ1v) is 9.59. The van der Waals surface area contributed by atoms with Crippen molar-refractivity contribution in [3.8, 4) is 0 Å². The van der Waals surface area contributed by atoms with Gasteiger partial charge in [-0.25, -0.2) is 0 Å². The molecule has 0 amide bonds. The first-order valence-electron chi connectivity index (χ1n) is 9.59. The third-order valence-electron chi connectivity index (χ3n) is 5.19. The van der Waals surface area contributed by atoms with Gasteiger partial charge < -0.3 is 5.32 Å². The minimum Gasteiger partial charge on any atom is -0.382 e. The molecule has 4 heteroatoms. The molecule has 1 fully saturated rings. The molecule has 4 rings (SSSR count). The number of para-hydroxylation sites is 1. The van der Waals surface area contributed by atoms with Crippen LogP contribution in [-0.4, -0.2) is 34.0 Å². The van der Waals surface area contributed by atoms with Crippen LogP contribution in [-0.2, 0) is 13.0 Å². The molecule has 0 spiro atoms. The van der Waals surface area contributed by atoms with Gasteiger partial charge in [0.05, 0.1) is 11.2 Å². The number of hydrogen-bond acceptors (Lipinski definition) is 4. The monoisotopic (exact) mass is 346 g/mol. The highest BCUT2D eigenvalue weighted by Gasteiger charge is 2.20. The number of piperidine rings is 1. The van der Waals surface area contributed by atoms with E-state index in [0.29, 0.717) is 6.04 Å². The number of aryl methyl sites for hydroxylation is 1. The van der Waals surface area contributed by atoms with E-state index in [1.54, 1.807) is 0 Å². The Morgan fingerprint density at radius 1 is 1.04 bits per heavy atom. The number of hydrogen-bond donors (Lipinski definition) is 1. The molecule has 0 aliphatic carbocycles. The highest BCUT2D eigenvalue weighted by atomic mass is 15.1. The van der Waals surface area contributed by atoms with Gasteiger partial charge in [0.2, 0.25) is 0 Å². The fraction of sp³-hybridized carbons (Fsp3) is 0.364. The number of aromatic nitrogens is 2. The van der Waals surface area contributed by atoms with E-state index in [-0.39, 0.29) is 0 Å². The first kappa shape index (κ1) is 17.0. The van der Waals surface area contributed by atoms with Gasteiger partial charge >= 0.3 is 0 Å². The molecule has 0 atom stereocenters. The summed E-state index contributed by atoms with van der Waals surface area (Å²) in [4.78, 5) is 11.7. The van der Waals surface area contributed by atoms with Crippen LogP contribution >= 0.6 is 0 Å². The number of pyridine rings is 2. The molecule has 1 saturated heterocycles. The van der Waals surface area contributed by atoms with Crippen molar-refractivity contribution in [3.05, 3.63) is 66.1 Å². The first-order chi connectivity index (χ1) is 12.8. The third kappa shape index (κ3) is 3.86. The Hall–Kier alpha value is -2.46. The van der Waals surface area contributed by atoms with Gasteiger partial charge in [-0.15, -0.1) is 0 Å². The number of nitrogens with zero attached hydrogens (tertiary/aromatic N) is 3. The summed E-state index contributed by atoms with van der Waals surface area (Å²) < 4.78 is 0. The molecule has 3 heterocycles. The van der Waals surface area contributed by atoms with Crippen LogP contribution in [0.15, 0.2) is 54.7 Å². The van der Waals surface area contributed by atoms with Crippen LogP contribution < -0.4 is 5.32 Å². The highest BCUT2D eigenvalue weighted by Crippen LogP contribution is 2.26. The van der Waals surface area contributed by atoms with Crippen LogP contribution in [0.2, 0.25) is 0 Å². The molecule has 1 aliphatic heterocycles. The summed E-state index contributed by atoms with van der Waals surface area (Å²) in [5.74, 6) is 0. The Morgan fingerprint density at radius 2 is 1.85 bits per heavy atom. The molecule has 3 aromatic rings. The van der Waals surface area contributed by atoms with Gasteiger partial charge in [0, 0.05) is 48.6 Å². The molecule has 0 saturated carbocycles. The third-order valence-corrected chi connectivity index (χ3v) is 5.19. The standard InChI is InChI=1S/C22H26N4/c1-2-17-15-22(20-8-3-4-9-21(20)24-17)25-18-10-13-26(14-11-18)16-19-7-5-6-12-23-19/h3-9,12,15,18H,2,10-11,13-14,16H2,1H3,(H,24,25). The topological polar surface area (TPSA) is 41.0 Å². The zero-order valence-corrected chi connectivity index (χ0v) is 15.4. The predicted octanol–water partition coefficient (Wildman–Crippen LogP) is 4.27. The molecular weight excluding hydrogens is 320 g/mol. The number of likely N-dealkylation sites (tertiary alicyclic amines) is 1. The molecule has 134 valence electrons.